The van der Waals surface area contributed by atoms with Crippen LogP contribution in [0.25, 0.3) is 0 Å². The number of ketones is 1. The minimum Gasteiger partial charge on any atom is -0.396 e. The fourth-order valence-corrected chi connectivity index (χ4v) is 5.17. The Morgan fingerprint density at radius 3 is 2.86 bits per heavy atom. The molecule has 1 saturated carbocycles. The lowest BCUT2D eigenvalue weighted by Gasteiger charge is -2.33. The Kier molecular flexibility index (Phi) is 4.47. The Balaban J connectivity index is 1.90. The number of rotatable bonds is 5. The van der Waals surface area contributed by atoms with Crippen molar-refractivity contribution < 1.29 is 9.90 Å². The highest BCUT2D eigenvalue weighted by atomic mass is 32.2. The Hall–Kier alpha value is -0.720. The van der Waals surface area contributed by atoms with Crippen molar-refractivity contribution in [2.45, 2.75) is 30.6 Å². The van der Waals surface area contributed by atoms with Crippen molar-refractivity contribution in [3.05, 3.63) is 4.88 Å². The lowest BCUT2D eigenvalue weighted by atomic mass is 9.99. The monoisotopic (exact) mass is 326 g/mol. The number of nitrogen functional groups attached to an aromatic ring is 1. The summed E-state index contributed by atoms with van der Waals surface area (Å²) in [5, 5.41) is 10.5. The summed E-state index contributed by atoms with van der Waals surface area (Å²) in [6.07, 6.45) is 6.20. The first-order valence-electron chi connectivity index (χ1n) is 7.52. The summed E-state index contributed by atoms with van der Waals surface area (Å²) in [6.45, 7) is 2.09. The summed E-state index contributed by atoms with van der Waals surface area (Å²) in [4.78, 5) is 16.5. The van der Waals surface area contributed by atoms with Crippen LogP contribution < -0.4 is 10.6 Å². The van der Waals surface area contributed by atoms with Gasteiger partial charge in [0, 0.05) is 25.6 Å². The molecule has 1 aliphatic carbocycles. The predicted molar refractivity (Wildman–Crippen MR) is 89.6 cm³/mol. The van der Waals surface area contributed by atoms with E-state index >= 15 is 0 Å². The van der Waals surface area contributed by atoms with E-state index in [9.17, 15) is 9.90 Å². The van der Waals surface area contributed by atoms with Gasteiger partial charge in [-0.05, 0) is 37.9 Å². The Labute approximate surface area is 133 Å². The maximum Gasteiger partial charge on any atom is 0.178 e. The minimum absolute atomic E-state index is 0.208. The number of thioether (sulfide) groups is 1. The van der Waals surface area contributed by atoms with Crippen molar-refractivity contribution in [3.63, 3.8) is 0 Å². The van der Waals surface area contributed by atoms with E-state index in [1.165, 1.54) is 0 Å². The summed E-state index contributed by atoms with van der Waals surface area (Å²) in [5.41, 5.74) is 6.92. The fraction of sp³-hybridized carbons (Fsp3) is 0.667. The highest BCUT2D eigenvalue weighted by Crippen LogP contribution is 2.47. The molecule has 3 rings (SSSR count). The molecule has 0 spiro atoms. The number of nitrogens with two attached hydrogens (primary N) is 1. The van der Waals surface area contributed by atoms with Crippen LogP contribution in [0.15, 0.2) is 4.90 Å². The normalized spacial score (nSPS) is 22.6. The molecule has 1 aromatic rings. The molecular weight excluding hydrogens is 304 g/mol. The van der Waals surface area contributed by atoms with Crippen molar-refractivity contribution in [1.29, 1.82) is 0 Å². The number of piperidine rings is 1. The van der Waals surface area contributed by atoms with Gasteiger partial charge in [-0.1, -0.05) is 0 Å². The van der Waals surface area contributed by atoms with Crippen LogP contribution in [0.4, 0.5) is 10.7 Å². The number of nitrogens with zero attached hydrogens (tertiary/aromatic N) is 1. The lowest BCUT2D eigenvalue weighted by Crippen LogP contribution is -2.36. The van der Waals surface area contributed by atoms with Gasteiger partial charge in [-0.2, -0.15) is 0 Å². The number of aliphatic hydroxyl groups is 1. The van der Waals surface area contributed by atoms with E-state index in [2.05, 4.69) is 4.90 Å². The summed E-state index contributed by atoms with van der Waals surface area (Å²) in [6, 6.07) is 0. The van der Waals surface area contributed by atoms with Gasteiger partial charge >= 0.3 is 0 Å². The summed E-state index contributed by atoms with van der Waals surface area (Å²) in [5.74, 6) is 0.772. The third kappa shape index (κ3) is 2.94. The first-order chi connectivity index (χ1) is 10.2. The Morgan fingerprint density at radius 2 is 2.24 bits per heavy atom. The SMILES string of the molecule is CSc1c(N2CCCC(CO)C2)sc(C(=O)C2CC2)c1N. The second kappa shape index (κ2) is 6.18. The van der Waals surface area contributed by atoms with Gasteiger partial charge in [-0.25, -0.2) is 0 Å². The number of hydrogen-bond acceptors (Lipinski definition) is 6. The molecule has 21 heavy (non-hydrogen) atoms. The second-order valence-electron chi connectivity index (χ2n) is 5.96. The molecule has 1 unspecified atom stereocenters. The Morgan fingerprint density at radius 1 is 1.48 bits per heavy atom. The van der Waals surface area contributed by atoms with Crippen LogP contribution in [0, 0.1) is 11.8 Å². The first-order valence-corrected chi connectivity index (χ1v) is 9.56. The van der Waals surface area contributed by atoms with Crippen LogP contribution >= 0.6 is 23.1 Å². The average Bonchev–Trinajstić information content (AvgIpc) is 3.30. The quantitative estimate of drug-likeness (QED) is 0.643. The summed E-state index contributed by atoms with van der Waals surface area (Å²) >= 11 is 3.18. The van der Waals surface area contributed by atoms with Crippen molar-refractivity contribution in [1.82, 2.24) is 0 Å². The van der Waals surface area contributed by atoms with Gasteiger partial charge in [0.2, 0.25) is 0 Å². The third-order valence-corrected chi connectivity index (χ3v) is 6.55. The molecule has 0 aromatic carbocycles. The van der Waals surface area contributed by atoms with Crippen molar-refractivity contribution in [2.24, 2.45) is 11.8 Å². The van der Waals surface area contributed by atoms with E-state index in [0.29, 0.717) is 11.6 Å². The van der Waals surface area contributed by atoms with E-state index in [0.717, 1.165) is 53.5 Å². The molecule has 2 aliphatic rings. The molecule has 3 N–H and O–H groups in total. The van der Waals surface area contributed by atoms with Crippen LogP contribution in [0.5, 0.6) is 0 Å². The van der Waals surface area contributed by atoms with E-state index in [1.54, 1.807) is 23.1 Å². The van der Waals surface area contributed by atoms with E-state index in [-0.39, 0.29) is 18.3 Å². The van der Waals surface area contributed by atoms with Crippen LogP contribution in [-0.2, 0) is 0 Å². The number of aliphatic hydroxyl groups excluding tert-OH is 1. The number of Topliss-reactive ketones (excluding diaryl/α,β-unsaturated/α-hetero) is 1. The van der Waals surface area contributed by atoms with Crippen molar-refractivity contribution in [2.75, 3.05) is 36.6 Å². The maximum absolute atomic E-state index is 12.4. The van der Waals surface area contributed by atoms with Gasteiger partial charge in [0.05, 0.1) is 15.5 Å². The topological polar surface area (TPSA) is 66.6 Å². The molecule has 2 fully saturated rings. The zero-order valence-corrected chi connectivity index (χ0v) is 13.9. The molecule has 0 amide bonds. The third-order valence-electron chi connectivity index (χ3n) is 4.32. The van der Waals surface area contributed by atoms with Gasteiger partial charge in [-0.15, -0.1) is 23.1 Å². The van der Waals surface area contributed by atoms with Crippen LogP contribution in [-0.4, -0.2) is 36.8 Å². The average molecular weight is 326 g/mol. The minimum atomic E-state index is 0.208. The molecule has 1 saturated heterocycles. The molecule has 0 radical (unpaired) electrons. The molecule has 116 valence electrons. The number of anilines is 2. The molecule has 1 aromatic heterocycles. The predicted octanol–water partition coefficient (Wildman–Crippen LogP) is 2.85. The van der Waals surface area contributed by atoms with Crippen molar-refractivity contribution in [3.8, 4) is 0 Å². The molecular formula is C15H22N2O2S2. The van der Waals surface area contributed by atoms with Gasteiger partial charge < -0.3 is 15.7 Å². The molecule has 6 heteroatoms. The van der Waals surface area contributed by atoms with E-state index < -0.39 is 0 Å². The molecule has 4 nitrogen and oxygen atoms in total. The zero-order valence-electron chi connectivity index (χ0n) is 12.3. The van der Waals surface area contributed by atoms with E-state index in [1.807, 2.05) is 6.26 Å². The summed E-state index contributed by atoms with van der Waals surface area (Å²) < 4.78 is 0. The summed E-state index contributed by atoms with van der Waals surface area (Å²) in [7, 11) is 0. The largest absolute Gasteiger partial charge is 0.396 e. The molecule has 1 aliphatic heterocycles. The van der Waals surface area contributed by atoms with Gasteiger partial charge in [0.15, 0.2) is 5.78 Å². The molecule has 1 atom stereocenters. The standard InChI is InChI=1S/C15H22N2O2S2/c1-20-14-11(16)13(12(19)10-4-5-10)21-15(14)17-6-2-3-9(7-17)8-18/h9-10,18H,2-8,16H2,1H3. The van der Waals surface area contributed by atoms with Crippen LogP contribution in [0.1, 0.15) is 35.4 Å². The van der Waals surface area contributed by atoms with Crippen LogP contribution in [0.3, 0.4) is 0 Å². The van der Waals surface area contributed by atoms with Gasteiger partial charge in [0.1, 0.15) is 5.00 Å². The fourth-order valence-electron chi connectivity index (χ4n) is 2.93. The van der Waals surface area contributed by atoms with Gasteiger partial charge in [-0.3, -0.25) is 4.79 Å². The number of hydrogen-bond donors (Lipinski definition) is 2. The Bertz CT molecular complexity index is 540. The second-order valence-corrected chi connectivity index (χ2v) is 7.77. The zero-order chi connectivity index (χ0) is 15.0. The lowest BCUT2D eigenvalue weighted by molar-refractivity contribution is 0.0972. The number of carbonyl (C=O) groups excluding carboxylic acids is 1. The van der Waals surface area contributed by atoms with Gasteiger partial charge in [0.25, 0.3) is 0 Å². The smallest absolute Gasteiger partial charge is 0.178 e. The van der Waals surface area contributed by atoms with Crippen molar-refractivity contribution >= 4 is 39.6 Å². The highest BCUT2D eigenvalue weighted by molar-refractivity contribution is 7.99. The first kappa shape index (κ1) is 15.2. The maximum atomic E-state index is 12.4. The van der Waals surface area contributed by atoms with Crippen LogP contribution in [0.2, 0.25) is 0 Å². The molecule has 0 bridgehead atoms. The number of thiophene rings is 1. The number of carbonyl (C=O) groups is 1. The highest BCUT2D eigenvalue weighted by Gasteiger charge is 2.35. The molecule has 2 heterocycles. The van der Waals surface area contributed by atoms with E-state index in [4.69, 9.17) is 5.73 Å².